The summed E-state index contributed by atoms with van der Waals surface area (Å²) < 4.78 is 5.29. The summed E-state index contributed by atoms with van der Waals surface area (Å²) in [7, 11) is 0. The first-order valence-corrected chi connectivity index (χ1v) is 4.42. The summed E-state index contributed by atoms with van der Waals surface area (Å²) in [5.74, 6) is 6.07. The van der Waals surface area contributed by atoms with Crippen molar-refractivity contribution < 1.29 is 4.74 Å². The van der Waals surface area contributed by atoms with E-state index in [-0.39, 0.29) is 0 Å². The molecule has 0 saturated carbocycles. The van der Waals surface area contributed by atoms with Gasteiger partial charge in [-0.2, -0.15) is 0 Å². The van der Waals surface area contributed by atoms with E-state index in [0.29, 0.717) is 12.0 Å². The molecule has 0 aliphatic carbocycles. The quantitative estimate of drug-likeness (QED) is 0.466. The van der Waals surface area contributed by atoms with Crippen LogP contribution in [0.3, 0.4) is 0 Å². The fourth-order valence-electron chi connectivity index (χ4n) is 1.64. The molecule has 1 heterocycles. The van der Waals surface area contributed by atoms with Crippen LogP contribution in [0.2, 0.25) is 0 Å². The minimum atomic E-state index is 0.461. The predicted molar refractivity (Wildman–Crippen MR) is 44.9 cm³/mol. The molecule has 3 heteroatoms. The third-order valence-electron chi connectivity index (χ3n) is 2.35. The smallest absolute Gasteiger partial charge is 0.0510 e. The van der Waals surface area contributed by atoms with Gasteiger partial charge < -0.3 is 4.74 Å². The number of ether oxygens (including phenoxy) is 1. The molecule has 0 aromatic heterocycles. The van der Waals surface area contributed by atoms with E-state index in [0.717, 1.165) is 26.1 Å². The lowest BCUT2D eigenvalue weighted by atomic mass is 9.96. The highest BCUT2D eigenvalue weighted by Gasteiger charge is 2.23. The molecule has 1 rings (SSSR count). The molecule has 1 aliphatic heterocycles. The van der Waals surface area contributed by atoms with Crippen molar-refractivity contribution in [1.82, 2.24) is 5.43 Å². The molecule has 0 aromatic rings. The fourth-order valence-corrected chi connectivity index (χ4v) is 1.64. The number of rotatable bonds is 4. The van der Waals surface area contributed by atoms with E-state index in [2.05, 4.69) is 12.3 Å². The summed E-state index contributed by atoms with van der Waals surface area (Å²) in [4.78, 5) is 0. The standard InChI is InChI=1S/C8H18N2O/c1-2-3-8(10-9)7-4-5-11-6-7/h7-8,10H,2-6,9H2,1H3. The zero-order valence-electron chi connectivity index (χ0n) is 7.18. The Morgan fingerprint density at radius 1 is 1.73 bits per heavy atom. The van der Waals surface area contributed by atoms with Crippen molar-refractivity contribution in [3.63, 3.8) is 0 Å². The first kappa shape index (κ1) is 8.97. The SMILES string of the molecule is CCCC(NN)C1CCOC1. The first-order valence-electron chi connectivity index (χ1n) is 4.42. The molecule has 0 radical (unpaired) electrons. The molecule has 3 nitrogen and oxygen atoms in total. The summed E-state index contributed by atoms with van der Waals surface area (Å²) in [6.45, 7) is 3.97. The lowest BCUT2D eigenvalue weighted by Gasteiger charge is -2.20. The maximum Gasteiger partial charge on any atom is 0.0510 e. The molecule has 1 saturated heterocycles. The fraction of sp³-hybridized carbons (Fsp3) is 1.00. The van der Waals surface area contributed by atoms with E-state index in [1.807, 2.05) is 0 Å². The average Bonchev–Trinajstić information content (AvgIpc) is 2.52. The van der Waals surface area contributed by atoms with Crippen LogP contribution in [-0.2, 0) is 4.74 Å². The molecular weight excluding hydrogens is 140 g/mol. The zero-order valence-corrected chi connectivity index (χ0v) is 7.18. The maximum absolute atomic E-state index is 5.43. The van der Waals surface area contributed by atoms with Crippen LogP contribution >= 0.6 is 0 Å². The monoisotopic (exact) mass is 158 g/mol. The van der Waals surface area contributed by atoms with Crippen LogP contribution in [0.25, 0.3) is 0 Å². The Morgan fingerprint density at radius 2 is 2.55 bits per heavy atom. The number of hydrogen-bond acceptors (Lipinski definition) is 3. The maximum atomic E-state index is 5.43. The topological polar surface area (TPSA) is 47.3 Å². The highest BCUT2D eigenvalue weighted by molar-refractivity contribution is 4.76. The van der Waals surface area contributed by atoms with E-state index in [4.69, 9.17) is 10.6 Å². The Bertz CT molecular complexity index is 102. The van der Waals surface area contributed by atoms with Crippen molar-refractivity contribution in [2.24, 2.45) is 11.8 Å². The lowest BCUT2D eigenvalue weighted by Crippen LogP contribution is -2.41. The summed E-state index contributed by atoms with van der Waals surface area (Å²) in [6.07, 6.45) is 3.50. The molecule has 11 heavy (non-hydrogen) atoms. The third-order valence-corrected chi connectivity index (χ3v) is 2.35. The van der Waals surface area contributed by atoms with Gasteiger partial charge in [-0.25, -0.2) is 0 Å². The van der Waals surface area contributed by atoms with Crippen molar-refractivity contribution in [1.29, 1.82) is 0 Å². The number of hydrazine groups is 1. The highest BCUT2D eigenvalue weighted by Crippen LogP contribution is 2.18. The van der Waals surface area contributed by atoms with E-state index in [9.17, 15) is 0 Å². The van der Waals surface area contributed by atoms with Crippen LogP contribution in [0.15, 0.2) is 0 Å². The van der Waals surface area contributed by atoms with Crippen molar-refractivity contribution in [2.45, 2.75) is 32.2 Å². The predicted octanol–water partition coefficient (Wildman–Crippen LogP) is 0.655. The Morgan fingerprint density at radius 3 is 3.00 bits per heavy atom. The van der Waals surface area contributed by atoms with Crippen molar-refractivity contribution >= 4 is 0 Å². The van der Waals surface area contributed by atoms with Gasteiger partial charge in [0.15, 0.2) is 0 Å². The Hall–Kier alpha value is -0.120. The molecule has 0 bridgehead atoms. The van der Waals surface area contributed by atoms with Crippen LogP contribution < -0.4 is 11.3 Å². The van der Waals surface area contributed by atoms with Gasteiger partial charge in [0, 0.05) is 18.6 Å². The van der Waals surface area contributed by atoms with Crippen molar-refractivity contribution in [2.75, 3.05) is 13.2 Å². The largest absolute Gasteiger partial charge is 0.381 e. The van der Waals surface area contributed by atoms with Gasteiger partial charge >= 0.3 is 0 Å². The van der Waals surface area contributed by atoms with Gasteiger partial charge in [0.1, 0.15) is 0 Å². The van der Waals surface area contributed by atoms with Crippen molar-refractivity contribution in [3.8, 4) is 0 Å². The van der Waals surface area contributed by atoms with Crippen LogP contribution in [0.5, 0.6) is 0 Å². The number of hydrogen-bond donors (Lipinski definition) is 2. The Balaban J connectivity index is 2.27. The Labute approximate surface area is 68.3 Å². The molecule has 0 amide bonds. The molecule has 1 fully saturated rings. The summed E-state index contributed by atoms with van der Waals surface area (Å²) in [5.41, 5.74) is 2.86. The van der Waals surface area contributed by atoms with Gasteiger partial charge in [-0.1, -0.05) is 13.3 Å². The molecule has 1 aliphatic rings. The second-order valence-electron chi connectivity index (χ2n) is 3.19. The molecular formula is C8H18N2O. The second-order valence-corrected chi connectivity index (χ2v) is 3.19. The molecule has 66 valence electrons. The Kier molecular flexibility index (Phi) is 3.83. The van der Waals surface area contributed by atoms with Crippen LogP contribution in [0.4, 0.5) is 0 Å². The van der Waals surface area contributed by atoms with Gasteiger partial charge in [-0.15, -0.1) is 0 Å². The second kappa shape index (κ2) is 4.70. The van der Waals surface area contributed by atoms with E-state index >= 15 is 0 Å². The van der Waals surface area contributed by atoms with E-state index in [1.165, 1.54) is 6.42 Å². The first-order chi connectivity index (χ1) is 5.38. The number of nitrogens with two attached hydrogens (primary N) is 1. The molecule has 0 spiro atoms. The molecule has 0 aromatic carbocycles. The summed E-state index contributed by atoms with van der Waals surface area (Å²) in [6, 6.07) is 0.461. The summed E-state index contributed by atoms with van der Waals surface area (Å²) in [5, 5.41) is 0. The minimum absolute atomic E-state index is 0.461. The van der Waals surface area contributed by atoms with Crippen molar-refractivity contribution in [3.05, 3.63) is 0 Å². The van der Waals surface area contributed by atoms with Gasteiger partial charge in [0.05, 0.1) is 6.61 Å². The number of nitrogens with one attached hydrogen (secondary N) is 1. The van der Waals surface area contributed by atoms with Crippen LogP contribution in [0.1, 0.15) is 26.2 Å². The minimum Gasteiger partial charge on any atom is -0.381 e. The molecule has 3 N–H and O–H groups in total. The van der Waals surface area contributed by atoms with Gasteiger partial charge in [0.2, 0.25) is 0 Å². The molecule has 2 atom stereocenters. The molecule has 2 unspecified atom stereocenters. The zero-order chi connectivity index (χ0) is 8.10. The third kappa shape index (κ3) is 2.43. The van der Waals surface area contributed by atoms with E-state index < -0.39 is 0 Å². The average molecular weight is 158 g/mol. The van der Waals surface area contributed by atoms with Crippen LogP contribution in [-0.4, -0.2) is 19.3 Å². The van der Waals surface area contributed by atoms with Gasteiger partial charge in [-0.3, -0.25) is 11.3 Å². The summed E-state index contributed by atoms with van der Waals surface area (Å²) >= 11 is 0. The van der Waals surface area contributed by atoms with E-state index in [1.54, 1.807) is 0 Å². The lowest BCUT2D eigenvalue weighted by molar-refractivity contribution is 0.175. The van der Waals surface area contributed by atoms with Crippen LogP contribution in [0, 0.1) is 5.92 Å². The van der Waals surface area contributed by atoms with Gasteiger partial charge in [-0.05, 0) is 12.8 Å². The normalized spacial score (nSPS) is 27.3. The highest BCUT2D eigenvalue weighted by atomic mass is 16.5. The van der Waals surface area contributed by atoms with Gasteiger partial charge in [0.25, 0.3) is 0 Å².